The standard InChI is InChI=1S/C18H22N4O2.ClH/c1-11-7-12(9-19)10-22(11)18(23)15-4-2-3-14(8-15)16-20-17(24-21-16)13-5-6-13;/h2-4,8,11-13H,5-7,9-10,19H2,1H3;1H. The molecule has 0 spiro atoms. The molecule has 2 unspecified atom stereocenters. The van der Waals surface area contributed by atoms with E-state index in [9.17, 15) is 4.79 Å². The van der Waals surface area contributed by atoms with E-state index in [1.807, 2.05) is 29.2 Å². The van der Waals surface area contributed by atoms with Crippen LogP contribution in [-0.2, 0) is 0 Å². The molecule has 25 heavy (non-hydrogen) atoms. The van der Waals surface area contributed by atoms with E-state index in [1.54, 1.807) is 0 Å². The Balaban J connectivity index is 0.00000182. The van der Waals surface area contributed by atoms with Crippen molar-refractivity contribution in [1.29, 1.82) is 0 Å². The van der Waals surface area contributed by atoms with Crippen LogP contribution in [0.1, 0.15) is 48.4 Å². The first kappa shape index (κ1) is 17.9. The van der Waals surface area contributed by atoms with Crippen LogP contribution < -0.4 is 5.73 Å². The maximum Gasteiger partial charge on any atom is 0.254 e. The van der Waals surface area contributed by atoms with Crippen LogP contribution in [0.5, 0.6) is 0 Å². The SMILES string of the molecule is CC1CC(CN)CN1C(=O)c1cccc(-c2noc(C3CC3)n2)c1.Cl. The molecule has 2 heterocycles. The van der Waals surface area contributed by atoms with E-state index in [2.05, 4.69) is 17.1 Å². The number of carbonyl (C=O) groups is 1. The van der Waals surface area contributed by atoms with Crippen LogP contribution >= 0.6 is 12.4 Å². The van der Waals surface area contributed by atoms with Crippen LogP contribution in [0.25, 0.3) is 11.4 Å². The van der Waals surface area contributed by atoms with Gasteiger partial charge in [0.25, 0.3) is 5.91 Å². The van der Waals surface area contributed by atoms with E-state index in [0.29, 0.717) is 35.7 Å². The summed E-state index contributed by atoms with van der Waals surface area (Å²) in [5.74, 6) is 2.13. The maximum absolute atomic E-state index is 12.8. The molecule has 1 aliphatic heterocycles. The Morgan fingerprint density at radius 1 is 1.40 bits per heavy atom. The molecular formula is C18H23ClN4O2. The van der Waals surface area contributed by atoms with Gasteiger partial charge < -0.3 is 15.2 Å². The van der Waals surface area contributed by atoms with Crippen molar-refractivity contribution in [3.8, 4) is 11.4 Å². The van der Waals surface area contributed by atoms with E-state index in [1.165, 1.54) is 0 Å². The van der Waals surface area contributed by atoms with Crippen molar-refractivity contribution >= 4 is 18.3 Å². The number of hydrogen-bond acceptors (Lipinski definition) is 5. The van der Waals surface area contributed by atoms with Crippen molar-refractivity contribution in [2.24, 2.45) is 11.7 Å². The van der Waals surface area contributed by atoms with Crippen LogP contribution in [-0.4, -0.2) is 40.1 Å². The summed E-state index contributed by atoms with van der Waals surface area (Å²) in [7, 11) is 0. The minimum absolute atomic E-state index is 0. The van der Waals surface area contributed by atoms with E-state index in [0.717, 1.165) is 31.4 Å². The van der Waals surface area contributed by atoms with Crippen molar-refractivity contribution in [2.75, 3.05) is 13.1 Å². The summed E-state index contributed by atoms with van der Waals surface area (Å²) in [6, 6.07) is 7.70. The zero-order valence-corrected chi connectivity index (χ0v) is 15.0. The number of aromatic nitrogens is 2. The van der Waals surface area contributed by atoms with Gasteiger partial charge in [-0.1, -0.05) is 17.3 Å². The maximum atomic E-state index is 12.8. The summed E-state index contributed by atoms with van der Waals surface area (Å²) < 4.78 is 5.32. The molecule has 1 aliphatic carbocycles. The quantitative estimate of drug-likeness (QED) is 0.903. The number of carbonyl (C=O) groups excluding carboxylic acids is 1. The lowest BCUT2D eigenvalue weighted by Crippen LogP contribution is -2.34. The number of benzene rings is 1. The Bertz CT molecular complexity index is 759. The average molecular weight is 363 g/mol. The molecule has 2 N–H and O–H groups in total. The summed E-state index contributed by atoms with van der Waals surface area (Å²) in [5, 5.41) is 4.06. The number of nitrogens with zero attached hydrogens (tertiary/aromatic N) is 3. The minimum atomic E-state index is 0. The Labute approximate surface area is 153 Å². The van der Waals surface area contributed by atoms with Gasteiger partial charge >= 0.3 is 0 Å². The number of hydrogen-bond donors (Lipinski definition) is 1. The number of halogens is 1. The Morgan fingerprint density at radius 3 is 2.88 bits per heavy atom. The van der Waals surface area contributed by atoms with E-state index < -0.39 is 0 Å². The molecule has 1 aromatic heterocycles. The van der Waals surface area contributed by atoms with Crippen LogP contribution in [0.3, 0.4) is 0 Å². The van der Waals surface area contributed by atoms with E-state index >= 15 is 0 Å². The monoisotopic (exact) mass is 362 g/mol. The highest BCUT2D eigenvalue weighted by Gasteiger charge is 2.32. The second kappa shape index (κ2) is 7.14. The topological polar surface area (TPSA) is 85.2 Å². The molecule has 1 amide bonds. The third kappa shape index (κ3) is 3.55. The summed E-state index contributed by atoms with van der Waals surface area (Å²) in [5.41, 5.74) is 7.24. The molecule has 0 bridgehead atoms. The molecule has 2 aliphatic rings. The predicted molar refractivity (Wildman–Crippen MR) is 96.6 cm³/mol. The van der Waals surface area contributed by atoms with Gasteiger partial charge in [-0.2, -0.15) is 4.98 Å². The summed E-state index contributed by atoms with van der Waals surface area (Å²) >= 11 is 0. The van der Waals surface area contributed by atoms with Gasteiger partial charge in [-0.25, -0.2) is 0 Å². The highest BCUT2D eigenvalue weighted by Crippen LogP contribution is 2.39. The molecule has 1 saturated carbocycles. The molecule has 4 rings (SSSR count). The number of amides is 1. The molecule has 2 aromatic rings. The van der Waals surface area contributed by atoms with Crippen molar-refractivity contribution < 1.29 is 9.32 Å². The molecule has 0 radical (unpaired) electrons. The fourth-order valence-electron chi connectivity index (χ4n) is 3.40. The normalized spacial score (nSPS) is 22.7. The van der Waals surface area contributed by atoms with Gasteiger partial charge in [-0.3, -0.25) is 4.79 Å². The lowest BCUT2D eigenvalue weighted by molar-refractivity contribution is 0.0743. The molecule has 2 atom stereocenters. The van der Waals surface area contributed by atoms with Crippen molar-refractivity contribution in [3.05, 3.63) is 35.7 Å². The summed E-state index contributed by atoms with van der Waals surface area (Å²) in [4.78, 5) is 19.2. The highest BCUT2D eigenvalue weighted by atomic mass is 35.5. The average Bonchev–Trinajstić information content (AvgIpc) is 3.21. The molecule has 1 aromatic carbocycles. The summed E-state index contributed by atoms with van der Waals surface area (Å²) in [6.07, 6.45) is 3.21. The predicted octanol–water partition coefficient (Wildman–Crippen LogP) is 2.85. The minimum Gasteiger partial charge on any atom is -0.339 e. The fraction of sp³-hybridized carbons (Fsp3) is 0.500. The fourth-order valence-corrected chi connectivity index (χ4v) is 3.40. The van der Waals surface area contributed by atoms with Crippen LogP contribution in [0.15, 0.2) is 28.8 Å². The van der Waals surface area contributed by atoms with Gasteiger partial charge in [0.1, 0.15) is 0 Å². The molecule has 1 saturated heterocycles. The third-order valence-electron chi connectivity index (χ3n) is 4.99. The Morgan fingerprint density at radius 2 is 2.20 bits per heavy atom. The first-order chi connectivity index (χ1) is 11.7. The molecule has 7 heteroatoms. The van der Waals surface area contributed by atoms with Crippen molar-refractivity contribution in [1.82, 2.24) is 15.0 Å². The second-order valence-electron chi connectivity index (χ2n) is 6.96. The lowest BCUT2D eigenvalue weighted by atomic mass is 10.1. The lowest BCUT2D eigenvalue weighted by Gasteiger charge is -2.21. The smallest absolute Gasteiger partial charge is 0.254 e. The first-order valence-electron chi connectivity index (χ1n) is 8.60. The zero-order valence-electron chi connectivity index (χ0n) is 14.2. The Kier molecular flexibility index (Phi) is 5.11. The third-order valence-corrected chi connectivity index (χ3v) is 4.99. The van der Waals surface area contributed by atoms with Crippen molar-refractivity contribution in [2.45, 2.75) is 38.1 Å². The number of rotatable bonds is 4. The highest BCUT2D eigenvalue weighted by molar-refractivity contribution is 5.95. The van der Waals surface area contributed by atoms with Crippen LogP contribution in [0.4, 0.5) is 0 Å². The van der Waals surface area contributed by atoms with Gasteiger partial charge in [-0.15, -0.1) is 12.4 Å². The second-order valence-corrected chi connectivity index (χ2v) is 6.96. The van der Waals surface area contributed by atoms with Gasteiger partial charge in [0, 0.05) is 29.6 Å². The molecule has 134 valence electrons. The van der Waals surface area contributed by atoms with Gasteiger partial charge in [0.2, 0.25) is 11.7 Å². The summed E-state index contributed by atoms with van der Waals surface area (Å²) in [6.45, 7) is 3.44. The first-order valence-corrected chi connectivity index (χ1v) is 8.60. The van der Waals surface area contributed by atoms with Gasteiger partial charge in [0.15, 0.2) is 0 Å². The van der Waals surface area contributed by atoms with Crippen molar-refractivity contribution in [3.63, 3.8) is 0 Å². The Hall–Kier alpha value is -1.92. The van der Waals surface area contributed by atoms with Gasteiger partial charge in [-0.05, 0) is 50.8 Å². The largest absolute Gasteiger partial charge is 0.339 e. The molecular weight excluding hydrogens is 340 g/mol. The van der Waals surface area contributed by atoms with Gasteiger partial charge in [0.05, 0.1) is 0 Å². The van der Waals surface area contributed by atoms with Crippen LogP contribution in [0.2, 0.25) is 0 Å². The van der Waals surface area contributed by atoms with Crippen LogP contribution in [0, 0.1) is 5.92 Å². The number of nitrogens with two attached hydrogens (primary N) is 1. The van der Waals surface area contributed by atoms with E-state index in [-0.39, 0.29) is 24.4 Å². The molecule has 6 nitrogen and oxygen atoms in total. The molecule has 2 fully saturated rings. The van der Waals surface area contributed by atoms with E-state index in [4.69, 9.17) is 10.3 Å². The number of likely N-dealkylation sites (tertiary alicyclic amines) is 1. The zero-order chi connectivity index (χ0) is 16.7.